The normalized spacial score (nSPS) is 16.2. The van der Waals surface area contributed by atoms with E-state index in [0.29, 0.717) is 23.7 Å². The highest BCUT2D eigenvalue weighted by Crippen LogP contribution is 2.27. The molecule has 0 saturated carbocycles. The van der Waals surface area contributed by atoms with E-state index in [9.17, 15) is 9.59 Å². The van der Waals surface area contributed by atoms with Crippen molar-refractivity contribution < 1.29 is 14.3 Å². The van der Waals surface area contributed by atoms with E-state index in [-0.39, 0.29) is 17.9 Å². The fourth-order valence-electron chi connectivity index (χ4n) is 4.35. The van der Waals surface area contributed by atoms with Crippen molar-refractivity contribution in [2.24, 2.45) is 11.8 Å². The summed E-state index contributed by atoms with van der Waals surface area (Å²) < 4.78 is 5.05. The molecule has 1 saturated heterocycles. The number of carbonyl (C=O) groups excluding carboxylic acids is 2. The van der Waals surface area contributed by atoms with E-state index in [1.54, 1.807) is 0 Å². The Labute approximate surface area is 190 Å². The van der Waals surface area contributed by atoms with E-state index in [1.807, 2.05) is 68.4 Å². The maximum atomic E-state index is 12.8. The Kier molecular flexibility index (Phi) is 8.03. The fraction of sp³-hybridized carbons (Fsp3) is 0.423. The Balaban J connectivity index is 1.61. The first kappa shape index (κ1) is 23.5. The molecule has 170 valence electrons. The molecule has 0 radical (unpaired) electrons. The van der Waals surface area contributed by atoms with Gasteiger partial charge in [0, 0.05) is 24.7 Å². The monoisotopic (exact) mass is 435 g/mol. The van der Waals surface area contributed by atoms with Crippen LogP contribution in [0.5, 0.6) is 0 Å². The van der Waals surface area contributed by atoms with Crippen molar-refractivity contribution >= 4 is 17.7 Å². The molecule has 0 spiro atoms. The van der Waals surface area contributed by atoms with Crippen molar-refractivity contribution in [2.45, 2.75) is 39.2 Å². The van der Waals surface area contributed by atoms with Gasteiger partial charge >= 0.3 is 5.97 Å². The van der Waals surface area contributed by atoms with Crippen LogP contribution >= 0.6 is 0 Å². The van der Waals surface area contributed by atoms with Crippen LogP contribution in [-0.4, -0.2) is 48.9 Å². The van der Waals surface area contributed by atoms with Crippen molar-refractivity contribution in [1.82, 2.24) is 10.2 Å². The lowest BCUT2D eigenvalue weighted by Crippen LogP contribution is -2.44. The minimum atomic E-state index is -0.398. The Hall–Kier alpha value is -3.15. The van der Waals surface area contributed by atoms with Crippen molar-refractivity contribution in [3.63, 3.8) is 0 Å². The molecule has 0 aromatic heterocycles. The number of rotatable bonds is 7. The van der Waals surface area contributed by atoms with E-state index in [4.69, 9.17) is 10.1 Å². The van der Waals surface area contributed by atoms with Gasteiger partial charge in [0.2, 0.25) is 0 Å². The quantitative estimate of drug-likeness (QED) is 0.385. The van der Waals surface area contributed by atoms with Crippen LogP contribution in [-0.2, 0) is 9.53 Å². The van der Waals surface area contributed by atoms with Gasteiger partial charge in [-0.2, -0.15) is 0 Å². The Morgan fingerprint density at radius 1 is 1.06 bits per heavy atom. The number of nitrogens with zero attached hydrogens (tertiary/aromatic N) is 1. The second kappa shape index (κ2) is 10.9. The number of piperidine rings is 1. The first-order valence-electron chi connectivity index (χ1n) is 11.2. The highest BCUT2D eigenvalue weighted by molar-refractivity contribution is 5.95. The summed E-state index contributed by atoms with van der Waals surface area (Å²) in [6.45, 7) is 5.35. The highest BCUT2D eigenvalue weighted by atomic mass is 16.5. The number of amides is 1. The van der Waals surface area contributed by atoms with Crippen molar-refractivity contribution in [3.8, 4) is 11.1 Å². The molecule has 32 heavy (non-hydrogen) atoms. The zero-order chi connectivity index (χ0) is 23.1. The minimum Gasteiger partial charge on any atom is -0.469 e. The van der Waals surface area contributed by atoms with E-state index >= 15 is 0 Å². The van der Waals surface area contributed by atoms with Crippen LogP contribution in [0.3, 0.4) is 0 Å². The molecule has 0 aliphatic carbocycles. The Morgan fingerprint density at radius 2 is 1.66 bits per heavy atom. The van der Waals surface area contributed by atoms with Crippen molar-refractivity contribution in [2.75, 3.05) is 20.2 Å². The Morgan fingerprint density at radius 3 is 2.22 bits per heavy atom. The molecule has 0 bridgehead atoms. The molecule has 3 rings (SSSR count). The molecule has 6 nitrogen and oxygen atoms in total. The van der Waals surface area contributed by atoms with Gasteiger partial charge in [-0.05, 0) is 62.3 Å². The van der Waals surface area contributed by atoms with E-state index < -0.39 is 5.92 Å². The van der Waals surface area contributed by atoms with Crippen molar-refractivity contribution in [3.05, 3.63) is 60.2 Å². The van der Waals surface area contributed by atoms with E-state index in [0.717, 1.165) is 37.1 Å². The largest absolute Gasteiger partial charge is 0.469 e. The maximum Gasteiger partial charge on any atom is 0.310 e. The van der Waals surface area contributed by atoms with Crippen LogP contribution in [0.1, 0.15) is 43.5 Å². The number of carbonyl (C=O) groups is 2. The van der Waals surface area contributed by atoms with Gasteiger partial charge in [-0.1, -0.05) is 42.5 Å². The SMILES string of the molecule is COC(=O)[C@H](CC1CCN(C(C)=N)CC1)[C@@H](C)NC(=O)c1ccc(-c2ccccc2)cc1. The van der Waals surface area contributed by atoms with Gasteiger partial charge in [0.25, 0.3) is 5.91 Å². The van der Waals surface area contributed by atoms with Crippen LogP contribution in [0.25, 0.3) is 11.1 Å². The van der Waals surface area contributed by atoms with Crippen LogP contribution in [0.4, 0.5) is 0 Å². The van der Waals surface area contributed by atoms with Gasteiger partial charge < -0.3 is 15.0 Å². The molecule has 1 heterocycles. The van der Waals surface area contributed by atoms with Gasteiger partial charge in [-0.25, -0.2) is 0 Å². The molecular weight excluding hydrogens is 402 g/mol. The third-order valence-corrected chi connectivity index (χ3v) is 6.40. The van der Waals surface area contributed by atoms with Gasteiger partial charge in [0.15, 0.2) is 0 Å². The molecule has 0 unspecified atom stereocenters. The first-order chi connectivity index (χ1) is 15.4. The van der Waals surface area contributed by atoms with Crippen molar-refractivity contribution in [1.29, 1.82) is 5.41 Å². The number of esters is 1. The standard InChI is InChI=1S/C26H33N3O3/c1-18(24(26(31)32-3)17-20-13-15-29(16-14-20)19(2)27)28-25(30)23-11-9-22(10-12-23)21-7-5-4-6-8-21/h4-12,18,20,24,27H,13-17H2,1-3H3,(H,28,30)/t18-,24-/m1/s1. The molecule has 1 amide bonds. The van der Waals surface area contributed by atoms with Gasteiger partial charge in [-0.15, -0.1) is 0 Å². The number of hydrogen-bond acceptors (Lipinski definition) is 4. The number of benzene rings is 2. The van der Waals surface area contributed by atoms with Crippen LogP contribution in [0.15, 0.2) is 54.6 Å². The fourth-order valence-corrected chi connectivity index (χ4v) is 4.35. The summed E-state index contributed by atoms with van der Waals surface area (Å²) in [5.41, 5.74) is 2.71. The average molecular weight is 436 g/mol. The molecular formula is C26H33N3O3. The summed E-state index contributed by atoms with van der Waals surface area (Å²) in [6.07, 6.45) is 2.54. The molecule has 1 aliphatic heterocycles. The topological polar surface area (TPSA) is 82.5 Å². The zero-order valence-corrected chi connectivity index (χ0v) is 19.1. The second-order valence-electron chi connectivity index (χ2n) is 8.59. The summed E-state index contributed by atoms with van der Waals surface area (Å²) in [5, 5.41) is 10.8. The highest BCUT2D eigenvalue weighted by Gasteiger charge is 2.32. The lowest BCUT2D eigenvalue weighted by molar-refractivity contribution is -0.147. The van der Waals surface area contributed by atoms with Crippen LogP contribution < -0.4 is 5.32 Å². The second-order valence-corrected chi connectivity index (χ2v) is 8.59. The zero-order valence-electron chi connectivity index (χ0n) is 19.1. The lowest BCUT2D eigenvalue weighted by atomic mass is 9.84. The summed E-state index contributed by atoms with van der Waals surface area (Å²) in [7, 11) is 1.40. The number of nitrogens with one attached hydrogen (secondary N) is 2. The van der Waals surface area contributed by atoms with Crippen LogP contribution in [0.2, 0.25) is 0 Å². The summed E-state index contributed by atoms with van der Waals surface area (Å²) >= 11 is 0. The summed E-state index contributed by atoms with van der Waals surface area (Å²) in [5.74, 6) is 0.0828. The Bertz CT molecular complexity index is 919. The third kappa shape index (κ3) is 5.96. The van der Waals surface area contributed by atoms with E-state index in [1.165, 1.54) is 7.11 Å². The van der Waals surface area contributed by atoms with E-state index in [2.05, 4.69) is 10.2 Å². The predicted molar refractivity (Wildman–Crippen MR) is 127 cm³/mol. The molecule has 2 aromatic carbocycles. The number of amidine groups is 1. The first-order valence-corrected chi connectivity index (χ1v) is 11.2. The minimum absolute atomic E-state index is 0.194. The third-order valence-electron chi connectivity index (χ3n) is 6.40. The smallest absolute Gasteiger partial charge is 0.310 e. The van der Waals surface area contributed by atoms with Crippen LogP contribution in [0, 0.1) is 17.2 Å². The molecule has 2 aromatic rings. The molecule has 2 N–H and O–H groups in total. The number of likely N-dealkylation sites (tertiary alicyclic amines) is 1. The van der Waals surface area contributed by atoms with Gasteiger partial charge in [-0.3, -0.25) is 15.0 Å². The molecule has 2 atom stereocenters. The average Bonchev–Trinajstić information content (AvgIpc) is 2.82. The summed E-state index contributed by atoms with van der Waals surface area (Å²) in [4.78, 5) is 27.4. The van der Waals surface area contributed by atoms with Gasteiger partial charge in [0.05, 0.1) is 18.9 Å². The molecule has 6 heteroatoms. The molecule has 1 fully saturated rings. The number of hydrogen-bond donors (Lipinski definition) is 2. The molecule has 1 aliphatic rings. The summed E-state index contributed by atoms with van der Waals surface area (Å²) in [6, 6.07) is 17.2. The number of ether oxygens (including phenoxy) is 1. The maximum absolute atomic E-state index is 12.8. The number of methoxy groups -OCH3 is 1. The lowest BCUT2D eigenvalue weighted by Gasteiger charge is -2.35. The van der Waals surface area contributed by atoms with Gasteiger partial charge in [0.1, 0.15) is 0 Å². The predicted octanol–water partition coefficient (Wildman–Crippen LogP) is 4.36.